The zero-order valence-corrected chi connectivity index (χ0v) is 12.8. The number of nitrogens with zero attached hydrogens (tertiary/aromatic N) is 2. The molecule has 2 saturated heterocycles. The largest absolute Gasteiger partial charge is 0.366 e. The summed E-state index contributed by atoms with van der Waals surface area (Å²) < 4.78 is 0. The molecule has 2 atom stereocenters. The van der Waals surface area contributed by atoms with E-state index >= 15 is 0 Å². The third kappa shape index (κ3) is 6.38. The molecule has 12 N–H and O–H groups in total. The number of aliphatic hydroxyl groups excluding tert-OH is 2. The minimum atomic E-state index is -1.54. The van der Waals surface area contributed by atoms with Gasteiger partial charge in [0.15, 0.2) is 12.6 Å². The molecule has 0 spiro atoms. The van der Waals surface area contributed by atoms with Crippen molar-refractivity contribution in [1.29, 1.82) is 0 Å². The summed E-state index contributed by atoms with van der Waals surface area (Å²) in [6.45, 7) is 2.13. The minimum Gasteiger partial charge on any atom is -0.366 e. The van der Waals surface area contributed by atoms with E-state index in [-0.39, 0.29) is 0 Å². The Morgan fingerprint density at radius 2 is 1.21 bits per heavy atom. The van der Waals surface area contributed by atoms with Crippen LogP contribution in [0, 0.1) is 0 Å². The fourth-order valence-electron chi connectivity index (χ4n) is 2.23. The second kappa shape index (κ2) is 9.50. The zero-order chi connectivity index (χ0) is 18.3. The fraction of sp³-hybridized carbons (Fsp3) is 0.800. The maximum atomic E-state index is 10.4. The number of primary amides is 2. The van der Waals surface area contributed by atoms with Gasteiger partial charge in [0.1, 0.15) is 12.3 Å². The second-order valence-corrected chi connectivity index (χ2v) is 4.96. The molecule has 24 heavy (non-hydrogen) atoms. The van der Waals surface area contributed by atoms with E-state index in [1.165, 1.54) is 10.0 Å². The minimum absolute atomic E-state index is 0.491. The van der Waals surface area contributed by atoms with Gasteiger partial charge in [-0.2, -0.15) is 10.0 Å². The van der Waals surface area contributed by atoms with Gasteiger partial charge in [0.2, 0.25) is 0 Å². The van der Waals surface area contributed by atoms with Crippen molar-refractivity contribution >= 4 is 12.1 Å². The van der Waals surface area contributed by atoms with Crippen molar-refractivity contribution < 1.29 is 30.0 Å². The van der Waals surface area contributed by atoms with Crippen LogP contribution in [0.2, 0.25) is 0 Å². The molecule has 0 radical (unpaired) electrons. The highest BCUT2D eigenvalue weighted by Gasteiger charge is 2.30. The predicted octanol–water partition coefficient (Wildman–Crippen LogP) is -5.78. The predicted molar refractivity (Wildman–Crippen MR) is 78.9 cm³/mol. The van der Waals surface area contributed by atoms with E-state index in [4.69, 9.17) is 31.9 Å². The average molecular weight is 352 g/mol. The van der Waals surface area contributed by atoms with Crippen LogP contribution in [0.15, 0.2) is 0 Å². The van der Waals surface area contributed by atoms with Crippen molar-refractivity contribution in [2.45, 2.75) is 24.9 Å². The van der Waals surface area contributed by atoms with E-state index in [0.717, 1.165) is 0 Å². The van der Waals surface area contributed by atoms with Crippen LogP contribution in [-0.4, -0.2) is 93.6 Å². The van der Waals surface area contributed by atoms with Crippen molar-refractivity contribution in [1.82, 2.24) is 31.5 Å². The van der Waals surface area contributed by atoms with Crippen molar-refractivity contribution in [2.24, 2.45) is 11.5 Å². The van der Waals surface area contributed by atoms with Crippen LogP contribution in [0.25, 0.3) is 0 Å². The molecule has 2 heterocycles. The van der Waals surface area contributed by atoms with Crippen LogP contribution in [0.4, 0.5) is 9.59 Å². The molecule has 14 nitrogen and oxygen atoms in total. The van der Waals surface area contributed by atoms with Gasteiger partial charge in [-0.05, 0) is 0 Å². The third-order valence-electron chi connectivity index (χ3n) is 3.16. The quantitative estimate of drug-likeness (QED) is 0.216. The number of nitrogens with one attached hydrogen (secondary N) is 4. The number of hydrogen-bond donors (Lipinski definition) is 10. The molecule has 2 fully saturated rings. The van der Waals surface area contributed by atoms with Crippen LogP contribution >= 0.6 is 0 Å². The molecule has 14 heteroatoms. The van der Waals surface area contributed by atoms with Crippen LogP contribution < -0.4 is 33.0 Å². The standard InChI is InChI=1S/2C5H12N4O3/c2*6-5(12)8-9-2-1-7-3(9)4(10)11/h2*3-4,7,10-11H,1-2H2,(H3,6,8,12). The number of hydrogen-bond acceptors (Lipinski definition) is 10. The van der Waals surface area contributed by atoms with Crippen LogP contribution in [-0.2, 0) is 0 Å². The molecule has 2 aliphatic heterocycles. The monoisotopic (exact) mass is 352 g/mol. The lowest BCUT2D eigenvalue weighted by molar-refractivity contribution is -0.103. The number of carbonyl (C=O) groups excluding carboxylic acids is 2. The highest BCUT2D eigenvalue weighted by molar-refractivity contribution is 5.71. The summed E-state index contributed by atoms with van der Waals surface area (Å²) in [5, 5.41) is 43.4. The molecule has 0 bridgehead atoms. The summed E-state index contributed by atoms with van der Waals surface area (Å²) in [6.07, 6.45) is -4.45. The lowest BCUT2D eigenvalue weighted by Crippen LogP contribution is -2.54. The number of urea groups is 2. The zero-order valence-electron chi connectivity index (χ0n) is 12.8. The van der Waals surface area contributed by atoms with Crippen molar-refractivity contribution in [2.75, 3.05) is 26.2 Å². The molecule has 2 unspecified atom stereocenters. The SMILES string of the molecule is NC(=O)NN1CCNC1C(O)O.NC(=O)NN1CCNC1C(O)O. The summed E-state index contributed by atoms with van der Waals surface area (Å²) in [5.41, 5.74) is 14.2. The Hall–Kier alpha value is -1.78. The molecule has 0 aromatic rings. The normalized spacial score (nSPS) is 24.8. The van der Waals surface area contributed by atoms with Gasteiger partial charge >= 0.3 is 12.1 Å². The third-order valence-corrected chi connectivity index (χ3v) is 3.16. The lowest BCUT2D eigenvalue weighted by Gasteiger charge is -2.24. The number of nitrogens with two attached hydrogens (primary N) is 2. The molecule has 2 aliphatic rings. The fourth-order valence-corrected chi connectivity index (χ4v) is 2.23. The second-order valence-electron chi connectivity index (χ2n) is 4.96. The molecule has 140 valence electrons. The first-order chi connectivity index (χ1) is 11.2. The maximum absolute atomic E-state index is 10.4. The van der Waals surface area contributed by atoms with Gasteiger partial charge in [0.25, 0.3) is 0 Å². The Bertz CT molecular complexity index is 386. The number of aliphatic hydroxyl groups is 4. The molecule has 2 rings (SSSR count). The summed E-state index contributed by atoms with van der Waals surface area (Å²) >= 11 is 0. The average Bonchev–Trinajstić information content (AvgIpc) is 3.07. The van der Waals surface area contributed by atoms with Gasteiger partial charge in [-0.15, -0.1) is 0 Å². The summed E-state index contributed by atoms with van der Waals surface area (Å²) in [6, 6.07) is -1.44. The van der Waals surface area contributed by atoms with E-state index < -0.39 is 37.0 Å². The maximum Gasteiger partial charge on any atom is 0.326 e. The van der Waals surface area contributed by atoms with E-state index in [0.29, 0.717) is 26.2 Å². The van der Waals surface area contributed by atoms with Crippen molar-refractivity contribution in [3.63, 3.8) is 0 Å². The highest BCUT2D eigenvalue weighted by Crippen LogP contribution is 2.02. The summed E-state index contributed by atoms with van der Waals surface area (Å²) in [5.74, 6) is 0. The van der Waals surface area contributed by atoms with Gasteiger partial charge in [0, 0.05) is 26.2 Å². The molecular weight excluding hydrogens is 328 g/mol. The van der Waals surface area contributed by atoms with Gasteiger partial charge < -0.3 is 31.9 Å². The molecule has 0 aromatic heterocycles. The molecule has 0 aliphatic carbocycles. The van der Waals surface area contributed by atoms with Gasteiger partial charge in [-0.25, -0.2) is 9.59 Å². The first-order valence-corrected chi connectivity index (χ1v) is 7.07. The Kier molecular flexibility index (Phi) is 8.02. The van der Waals surface area contributed by atoms with E-state index in [1.807, 2.05) is 0 Å². The Balaban J connectivity index is 0.000000240. The molecule has 0 aromatic carbocycles. The first-order valence-electron chi connectivity index (χ1n) is 7.07. The van der Waals surface area contributed by atoms with Crippen LogP contribution in [0.5, 0.6) is 0 Å². The Morgan fingerprint density at radius 3 is 1.46 bits per heavy atom. The molecule has 0 saturated carbocycles. The van der Waals surface area contributed by atoms with Gasteiger partial charge in [-0.1, -0.05) is 0 Å². The molecule has 4 amide bonds. The lowest BCUT2D eigenvalue weighted by atomic mass is 10.5. The number of rotatable bonds is 4. The van der Waals surface area contributed by atoms with Crippen LogP contribution in [0.1, 0.15) is 0 Å². The Morgan fingerprint density at radius 1 is 0.875 bits per heavy atom. The van der Waals surface area contributed by atoms with E-state index in [1.54, 1.807) is 0 Å². The van der Waals surface area contributed by atoms with Crippen LogP contribution in [0.3, 0.4) is 0 Å². The van der Waals surface area contributed by atoms with Crippen molar-refractivity contribution in [3.05, 3.63) is 0 Å². The number of carbonyl (C=O) groups is 2. The topological polar surface area (TPSA) is 222 Å². The van der Waals surface area contributed by atoms with E-state index in [9.17, 15) is 9.59 Å². The highest BCUT2D eigenvalue weighted by atomic mass is 16.5. The van der Waals surface area contributed by atoms with E-state index in [2.05, 4.69) is 21.5 Å². The number of amides is 4. The summed E-state index contributed by atoms with van der Waals surface area (Å²) in [7, 11) is 0. The molecular formula is C10H24N8O6. The van der Waals surface area contributed by atoms with Gasteiger partial charge in [-0.3, -0.25) is 21.5 Å². The summed E-state index contributed by atoms with van der Waals surface area (Å²) in [4.78, 5) is 20.8. The number of hydrazine groups is 2. The smallest absolute Gasteiger partial charge is 0.326 e. The van der Waals surface area contributed by atoms with Crippen molar-refractivity contribution in [3.8, 4) is 0 Å². The Labute approximate surface area is 137 Å². The van der Waals surface area contributed by atoms with Gasteiger partial charge in [0.05, 0.1) is 0 Å². The first kappa shape index (κ1) is 20.3.